The summed E-state index contributed by atoms with van der Waals surface area (Å²) < 4.78 is 0. The van der Waals surface area contributed by atoms with E-state index in [0.29, 0.717) is 6.54 Å². The molecule has 0 bridgehead atoms. The zero-order valence-corrected chi connectivity index (χ0v) is 6.69. The minimum atomic E-state index is -0.00176. The fraction of sp³-hybridized carbons (Fsp3) is 0.571. The van der Waals surface area contributed by atoms with Crippen LogP contribution < -0.4 is 10.6 Å². The van der Waals surface area contributed by atoms with E-state index in [4.69, 9.17) is 0 Å². The van der Waals surface area contributed by atoms with Crippen LogP contribution in [0, 0.1) is 0 Å². The molecule has 0 fully saturated rings. The van der Waals surface area contributed by atoms with E-state index < -0.39 is 0 Å². The molecule has 58 valence electrons. The van der Waals surface area contributed by atoms with Gasteiger partial charge >= 0.3 is 0 Å². The second kappa shape index (κ2) is 4.99. The lowest BCUT2D eigenvalue weighted by Gasteiger charge is -2.02. The molecule has 3 heteroatoms. The van der Waals surface area contributed by atoms with Gasteiger partial charge in [0.1, 0.15) is 0 Å². The molecule has 0 spiro atoms. The Hall–Kier alpha value is -0.830. The van der Waals surface area contributed by atoms with Crippen molar-refractivity contribution in [2.75, 3.05) is 13.6 Å². The topological polar surface area (TPSA) is 41.1 Å². The molecule has 0 aromatic rings. The Morgan fingerprint density at radius 2 is 2.20 bits per heavy atom. The Balaban J connectivity index is 3.58. The van der Waals surface area contributed by atoms with E-state index in [1.807, 2.05) is 19.9 Å². The predicted molar refractivity (Wildman–Crippen MR) is 41.5 cm³/mol. The zero-order chi connectivity index (χ0) is 7.98. The van der Waals surface area contributed by atoms with Gasteiger partial charge in [-0.2, -0.15) is 0 Å². The summed E-state index contributed by atoms with van der Waals surface area (Å²) in [6, 6.07) is 0. The lowest BCUT2D eigenvalue weighted by atomic mass is 10.4. The summed E-state index contributed by atoms with van der Waals surface area (Å²) in [5.41, 5.74) is 0.889. The fourth-order valence-electron chi connectivity index (χ4n) is 0.497. The second-order valence-electron chi connectivity index (χ2n) is 2.05. The van der Waals surface area contributed by atoms with E-state index in [-0.39, 0.29) is 5.91 Å². The fourth-order valence-corrected chi connectivity index (χ4v) is 0.497. The molecule has 0 rings (SSSR count). The molecule has 0 heterocycles. The maximum absolute atomic E-state index is 10.8. The minimum Gasteiger partial charge on any atom is -0.329 e. The van der Waals surface area contributed by atoms with Crippen LogP contribution in [0.4, 0.5) is 0 Å². The molecule has 0 saturated heterocycles. The number of nitrogens with one attached hydrogen (secondary N) is 2. The van der Waals surface area contributed by atoms with Gasteiger partial charge in [0.2, 0.25) is 5.91 Å². The number of hydrogen-bond acceptors (Lipinski definition) is 2. The SMILES string of the molecule is C/C=C(\C)NC(=O)CNC. The molecule has 10 heavy (non-hydrogen) atoms. The first-order chi connectivity index (χ1) is 4.70. The molecule has 0 aromatic carbocycles. The van der Waals surface area contributed by atoms with E-state index in [9.17, 15) is 4.79 Å². The van der Waals surface area contributed by atoms with Crippen LogP contribution in [0.1, 0.15) is 13.8 Å². The first-order valence-electron chi connectivity index (χ1n) is 3.28. The minimum absolute atomic E-state index is 0.00176. The molecule has 2 N–H and O–H groups in total. The summed E-state index contributed by atoms with van der Waals surface area (Å²) in [5, 5.41) is 5.45. The highest BCUT2D eigenvalue weighted by atomic mass is 16.1. The number of carbonyl (C=O) groups excluding carboxylic acids is 1. The van der Waals surface area contributed by atoms with Gasteiger partial charge in [-0.3, -0.25) is 4.79 Å². The van der Waals surface area contributed by atoms with Crippen molar-refractivity contribution in [1.82, 2.24) is 10.6 Å². The maximum atomic E-state index is 10.8. The quantitative estimate of drug-likeness (QED) is 0.593. The van der Waals surface area contributed by atoms with Crippen LogP contribution in [0.25, 0.3) is 0 Å². The van der Waals surface area contributed by atoms with Gasteiger partial charge < -0.3 is 10.6 Å². The molecule has 0 aliphatic carbocycles. The van der Waals surface area contributed by atoms with Gasteiger partial charge in [-0.05, 0) is 20.9 Å². The van der Waals surface area contributed by atoms with Crippen LogP contribution in [0.3, 0.4) is 0 Å². The van der Waals surface area contributed by atoms with Gasteiger partial charge in [-0.25, -0.2) is 0 Å². The van der Waals surface area contributed by atoms with Crippen molar-refractivity contribution in [3.05, 3.63) is 11.8 Å². The van der Waals surface area contributed by atoms with Crippen molar-refractivity contribution in [3.8, 4) is 0 Å². The lowest BCUT2D eigenvalue weighted by molar-refractivity contribution is -0.119. The predicted octanol–water partition coefficient (Wildman–Crippen LogP) is 0.246. The van der Waals surface area contributed by atoms with Crippen molar-refractivity contribution in [2.24, 2.45) is 0 Å². The third kappa shape index (κ3) is 4.09. The molecule has 0 radical (unpaired) electrons. The number of allylic oxidation sites excluding steroid dienone is 2. The second-order valence-corrected chi connectivity index (χ2v) is 2.05. The third-order valence-corrected chi connectivity index (χ3v) is 1.11. The molecule has 3 nitrogen and oxygen atoms in total. The van der Waals surface area contributed by atoms with Crippen LogP contribution in [0.5, 0.6) is 0 Å². The highest BCUT2D eigenvalue weighted by Gasteiger charge is 1.96. The first-order valence-corrected chi connectivity index (χ1v) is 3.28. The summed E-state index contributed by atoms with van der Waals surface area (Å²) in [6.07, 6.45) is 1.85. The van der Waals surface area contributed by atoms with Gasteiger partial charge in [0, 0.05) is 5.70 Å². The smallest absolute Gasteiger partial charge is 0.238 e. The average molecular weight is 142 g/mol. The molecule has 0 unspecified atom stereocenters. The third-order valence-electron chi connectivity index (χ3n) is 1.11. The molecule has 0 aliphatic heterocycles. The number of likely N-dealkylation sites (N-methyl/N-ethyl adjacent to an activating group) is 1. The Morgan fingerprint density at radius 3 is 2.60 bits per heavy atom. The van der Waals surface area contributed by atoms with Crippen molar-refractivity contribution in [1.29, 1.82) is 0 Å². The largest absolute Gasteiger partial charge is 0.329 e. The van der Waals surface area contributed by atoms with Crippen LogP contribution >= 0.6 is 0 Å². The molecule has 0 aromatic heterocycles. The number of amides is 1. The van der Waals surface area contributed by atoms with Gasteiger partial charge in [0.15, 0.2) is 0 Å². The Bertz CT molecular complexity index is 141. The Labute approximate surface area is 61.5 Å². The van der Waals surface area contributed by atoms with Crippen molar-refractivity contribution >= 4 is 5.91 Å². The molecule has 0 aliphatic rings. The normalized spacial score (nSPS) is 11.3. The zero-order valence-electron chi connectivity index (χ0n) is 6.69. The van der Waals surface area contributed by atoms with Gasteiger partial charge in [0.05, 0.1) is 6.54 Å². The summed E-state index contributed by atoms with van der Waals surface area (Å²) >= 11 is 0. The van der Waals surface area contributed by atoms with Crippen molar-refractivity contribution < 1.29 is 4.79 Å². The van der Waals surface area contributed by atoms with Crippen LogP contribution in [0.2, 0.25) is 0 Å². The monoisotopic (exact) mass is 142 g/mol. The van der Waals surface area contributed by atoms with Crippen molar-refractivity contribution in [2.45, 2.75) is 13.8 Å². The van der Waals surface area contributed by atoms with E-state index in [0.717, 1.165) is 5.70 Å². The van der Waals surface area contributed by atoms with Crippen molar-refractivity contribution in [3.63, 3.8) is 0 Å². The highest BCUT2D eigenvalue weighted by Crippen LogP contribution is 1.82. The lowest BCUT2D eigenvalue weighted by Crippen LogP contribution is -2.30. The number of rotatable bonds is 3. The molecule has 1 amide bonds. The molecule has 0 atom stereocenters. The van der Waals surface area contributed by atoms with E-state index in [2.05, 4.69) is 10.6 Å². The van der Waals surface area contributed by atoms with E-state index in [1.165, 1.54) is 0 Å². The van der Waals surface area contributed by atoms with Gasteiger partial charge in [-0.15, -0.1) is 0 Å². The summed E-state index contributed by atoms with van der Waals surface area (Å²) in [6.45, 7) is 4.10. The Morgan fingerprint density at radius 1 is 1.60 bits per heavy atom. The summed E-state index contributed by atoms with van der Waals surface area (Å²) in [7, 11) is 1.74. The van der Waals surface area contributed by atoms with Crippen LogP contribution in [0.15, 0.2) is 11.8 Å². The number of carbonyl (C=O) groups is 1. The van der Waals surface area contributed by atoms with Crippen LogP contribution in [-0.4, -0.2) is 19.5 Å². The first kappa shape index (κ1) is 9.17. The van der Waals surface area contributed by atoms with Crippen LogP contribution in [-0.2, 0) is 4.79 Å². The average Bonchev–Trinajstić information content (AvgIpc) is 1.88. The Kier molecular flexibility index (Phi) is 4.58. The van der Waals surface area contributed by atoms with E-state index >= 15 is 0 Å². The highest BCUT2D eigenvalue weighted by molar-refractivity contribution is 5.79. The molecule has 0 saturated carbocycles. The molecular weight excluding hydrogens is 128 g/mol. The maximum Gasteiger partial charge on any atom is 0.238 e. The number of hydrogen-bond donors (Lipinski definition) is 2. The summed E-state index contributed by atoms with van der Waals surface area (Å²) in [5.74, 6) is -0.00176. The van der Waals surface area contributed by atoms with Gasteiger partial charge in [0.25, 0.3) is 0 Å². The van der Waals surface area contributed by atoms with E-state index in [1.54, 1.807) is 7.05 Å². The summed E-state index contributed by atoms with van der Waals surface area (Å²) in [4.78, 5) is 10.8. The molecular formula is C7H14N2O. The van der Waals surface area contributed by atoms with Gasteiger partial charge in [-0.1, -0.05) is 6.08 Å². The standard InChI is InChI=1S/C7H14N2O/c1-4-6(2)9-7(10)5-8-3/h4,8H,5H2,1-3H3,(H,9,10)/b6-4+.